The average molecular weight is 483 g/mol. The Morgan fingerprint density at radius 2 is 1.97 bits per heavy atom. The van der Waals surface area contributed by atoms with E-state index < -0.39 is 0 Å². The molecule has 1 aliphatic heterocycles. The van der Waals surface area contributed by atoms with Crippen LogP contribution in [0, 0.1) is 0 Å². The zero-order valence-electron chi connectivity index (χ0n) is 19.9. The van der Waals surface area contributed by atoms with Gasteiger partial charge in [0.1, 0.15) is 11.5 Å². The van der Waals surface area contributed by atoms with Gasteiger partial charge in [-0.3, -0.25) is 9.48 Å². The van der Waals surface area contributed by atoms with Crippen molar-refractivity contribution in [1.29, 1.82) is 0 Å². The Labute approximate surface area is 204 Å². The molecule has 5 rings (SSSR count). The molecule has 9 heteroatoms. The van der Waals surface area contributed by atoms with Crippen molar-refractivity contribution < 1.29 is 9.59 Å². The third-order valence-electron chi connectivity index (χ3n) is 7.13. The van der Waals surface area contributed by atoms with Crippen LogP contribution in [0.15, 0.2) is 23.1 Å². The summed E-state index contributed by atoms with van der Waals surface area (Å²) < 4.78 is 1.73. The standard InChI is InChI=1S/C25H34N6O2S/c1-30-22(15-20(29-30)18-7-8-18)28-23(32)21-16-34-24(27-21)19-10-13-31(14-11-19)25(33)26-12-9-17-5-3-2-4-6-17/h5,15-16,18-19H,2-4,6-14H2,1H3,(H,26,33)(H,28,32). The van der Waals surface area contributed by atoms with Crippen LogP contribution in [0.25, 0.3) is 0 Å². The molecule has 0 atom stereocenters. The maximum Gasteiger partial charge on any atom is 0.317 e. The van der Waals surface area contributed by atoms with E-state index in [1.165, 1.54) is 55.4 Å². The van der Waals surface area contributed by atoms with Crippen LogP contribution in [-0.4, -0.2) is 51.2 Å². The van der Waals surface area contributed by atoms with Crippen LogP contribution in [0.2, 0.25) is 0 Å². The highest BCUT2D eigenvalue weighted by molar-refractivity contribution is 7.10. The summed E-state index contributed by atoms with van der Waals surface area (Å²) >= 11 is 1.54. The Balaban J connectivity index is 1.08. The number of thiazole rings is 1. The predicted octanol–water partition coefficient (Wildman–Crippen LogP) is 4.79. The fraction of sp³-hybridized carbons (Fsp3) is 0.600. The summed E-state index contributed by atoms with van der Waals surface area (Å²) in [6.07, 6.45) is 12.3. The minimum atomic E-state index is -0.197. The quantitative estimate of drug-likeness (QED) is 0.555. The zero-order valence-corrected chi connectivity index (χ0v) is 20.7. The number of anilines is 1. The lowest BCUT2D eigenvalue weighted by molar-refractivity contribution is 0.102. The molecule has 0 aromatic carbocycles. The number of hydrogen-bond acceptors (Lipinski definition) is 5. The van der Waals surface area contributed by atoms with E-state index in [4.69, 9.17) is 0 Å². The third kappa shape index (κ3) is 5.51. The van der Waals surface area contributed by atoms with E-state index in [-0.39, 0.29) is 11.9 Å². The van der Waals surface area contributed by atoms with Crippen LogP contribution in [0.1, 0.15) is 90.8 Å². The predicted molar refractivity (Wildman–Crippen MR) is 133 cm³/mol. The van der Waals surface area contributed by atoms with Gasteiger partial charge in [-0.05, 0) is 57.8 Å². The van der Waals surface area contributed by atoms with Crippen LogP contribution >= 0.6 is 11.3 Å². The van der Waals surface area contributed by atoms with Gasteiger partial charge in [0.2, 0.25) is 0 Å². The second-order valence-corrected chi connectivity index (χ2v) is 10.6. The topological polar surface area (TPSA) is 92.2 Å². The van der Waals surface area contributed by atoms with Crippen molar-refractivity contribution in [1.82, 2.24) is 25.0 Å². The van der Waals surface area contributed by atoms with Crippen molar-refractivity contribution in [3.05, 3.63) is 39.5 Å². The first-order valence-electron chi connectivity index (χ1n) is 12.6. The van der Waals surface area contributed by atoms with Crippen molar-refractivity contribution in [2.75, 3.05) is 25.0 Å². The lowest BCUT2D eigenvalue weighted by atomic mass is 9.97. The molecule has 2 aromatic rings. The second-order valence-electron chi connectivity index (χ2n) is 9.73. The SMILES string of the molecule is Cn1nc(C2CC2)cc1NC(=O)c1csc(C2CCN(C(=O)NCCC3=CCCCC3)CC2)n1. The van der Waals surface area contributed by atoms with Gasteiger partial charge < -0.3 is 15.5 Å². The molecule has 0 spiro atoms. The van der Waals surface area contributed by atoms with Crippen LogP contribution in [0.4, 0.5) is 10.6 Å². The number of nitrogens with one attached hydrogen (secondary N) is 2. The van der Waals surface area contributed by atoms with Crippen molar-refractivity contribution in [3.63, 3.8) is 0 Å². The number of urea groups is 1. The van der Waals surface area contributed by atoms with Gasteiger partial charge in [-0.25, -0.2) is 9.78 Å². The van der Waals surface area contributed by atoms with Crippen LogP contribution < -0.4 is 10.6 Å². The fourth-order valence-electron chi connectivity index (χ4n) is 4.85. The maximum absolute atomic E-state index is 12.7. The third-order valence-corrected chi connectivity index (χ3v) is 8.14. The molecule has 34 heavy (non-hydrogen) atoms. The molecule has 8 nitrogen and oxygen atoms in total. The molecule has 0 unspecified atom stereocenters. The highest BCUT2D eigenvalue weighted by Gasteiger charge is 2.28. The van der Waals surface area contributed by atoms with Gasteiger partial charge in [0.25, 0.3) is 5.91 Å². The average Bonchev–Trinajstić information content (AvgIpc) is 3.47. The summed E-state index contributed by atoms with van der Waals surface area (Å²) in [5.74, 6) is 1.35. The summed E-state index contributed by atoms with van der Waals surface area (Å²) in [5, 5.41) is 13.4. The van der Waals surface area contributed by atoms with Gasteiger partial charge in [0.05, 0.1) is 10.7 Å². The lowest BCUT2D eigenvalue weighted by Crippen LogP contribution is -2.44. The molecule has 2 aliphatic carbocycles. The molecule has 1 saturated heterocycles. The van der Waals surface area contributed by atoms with Gasteiger partial charge in [-0.15, -0.1) is 11.3 Å². The van der Waals surface area contributed by atoms with Crippen molar-refractivity contribution in [2.24, 2.45) is 7.05 Å². The van der Waals surface area contributed by atoms with Gasteiger partial charge in [-0.2, -0.15) is 5.10 Å². The molecule has 3 amide bonds. The Bertz CT molecular complexity index is 1060. The van der Waals surface area contributed by atoms with E-state index in [1.807, 2.05) is 23.4 Å². The Hall–Kier alpha value is -2.68. The van der Waals surface area contributed by atoms with E-state index in [2.05, 4.69) is 26.8 Å². The summed E-state index contributed by atoms with van der Waals surface area (Å²) in [5.41, 5.74) is 2.99. The number of carbonyl (C=O) groups excluding carboxylic acids is 2. The highest BCUT2D eigenvalue weighted by atomic mass is 32.1. The summed E-state index contributed by atoms with van der Waals surface area (Å²) in [6, 6.07) is 2.01. The first kappa shape index (κ1) is 23.1. The normalized spacial score (nSPS) is 19.1. The molecule has 0 radical (unpaired) electrons. The number of rotatable bonds is 7. The molecule has 0 bridgehead atoms. The fourth-order valence-corrected chi connectivity index (χ4v) is 5.82. The molecule has 2 aromatic heterocycles. The van der Waals surface area contributed by atoms with Gasteiger partial charge in [0, 0.05) is 50.0 Å². The van der Waals surface area contributed by atoms with Crippen LogP contribution in [0.5, 0.6) is 0 Å². The summed E-state index contributed by atoms with van der Waals surface area (Å²) in [6.45, 7) is 2.16. The van der Waals surface area contributed by atoms with Crippen molar-refractivity contribution >= 4 is 29.1 Å². The molecule has 182 valence electrons. The van der Waals surface area contributed by atoms with Gasteiger partial charge >= 0.3 is 6.03 Å². The number of piperidine rings is 1. The van der Waals surface area contributed by atoms with Crippen molar-refractivity contribution in [3.8, 4) is 0 Å². The molecule has 1 saturated carbocycles. The van der Waals surface area contributed by atoms with Crippen LogP contribution in [0.3, 0.4) is 0 Å². The molecule has 3 heterocycles. The van der Waals surface area contributed by atoms with Gasteiger partial charge in [0.15, 0.2) is 0 Å². The summed E-state index contributed by atoms with van der Waals surface area (Å²) in [7, 11) is 1.85. The largest absolute Gasteiger partial charge is 0.338 e. The number of carbonyl (C=O) groups is 2. The zero-order chi connectivity index (χ0) is 23.5. The number of aryl methyl sites for hydroxylation is 1. The van der Waals surface area contributed by atoms with E-state index in [0.717, 1.165) is 43.1 Å². The number of likely N-dealkylation sites (tertiary alicyclic amines) is 1. The summed E-state index contributed by atoms with van der Waals surface area (Å²) in [4.78, 5) is 31.8. The van der Waals surface area contributed by atoms with E-state index in [9.17, 15) is 9.59 Å². The van der Waals surface area contributed by atoms with Gasteiger partial charge in [-0.1, -0.05) is 11.6 Å². The monoisotopic (exact) mass is 482 g/mol. The highest BCUT2D eigenvalue weighted by Crippen LogP contribution is 2.40. The van der Waals surface area contributed by atoms with E-state index in [1.54, 1.807) is 4.68 Å². The van der Waals surface area contributed by atoms with E-state index in [0.29, 0.717) is 29.9 Å². The first-order chi connectivity index (χ1) is 16.6. The number of nitrogens with zero attached hydrogens (tertiary/aromatic N) is 4. The minimum Gasteiger partial charge on any atom is -0.338 e. The first-order valence-corrected chi connectivity index (χ1v) is 13.5. The molecule has 2 fully saturated rings. The Morgan fingerprint density at radius 3 is 2.71 bits per heavy atom. The number of amides is 3. The molecule has 2 N–H and O–H groups in total. The van der Waals surface area contributed by atoms with Crippen LogP contribution in [-0.2, 0) is 7.05 Å². The molecular weight excluding hydrogens is 448 g/mol. The van der Waals surface area contributed by atoms with E-state index >= 15 is 0 Å². The number of aromatic nitrogens is 3. The smallest absolute Gasteiger partial charge is 0.317 e. The Kier molecular flexibility index (Phi) is 6.99. The second kappa shape index (κ2) is 10.3. The maximum atomic E-state index is 12.7. The lowest BCUT2D eigenvalue weighted by Gasteiger charge is -2.31. The Morgan fingerprint density at radius 1 is 1.15 bits per heavy atom. The molecular formula is C25H34N6O2S. The molecule has 3 aliphatic rings. The number of hydrogen-bond donors (Lipinski definition) is 2. The van der Waals surface area contributed by atoms with Crippen molar-refractivity contribution in [2.45, 2.75) is 69.6 Å². The number of allylic oxidation sites excluding steroid dienone is 1. The minimum absolute atomic E-state index is 0.0378.